The fourth-order valence-corrected chi connectivity index (χ4v) is 2.44. The van der Waals surface area contributed by atoms with E-state index in [9.17, 15) is 8.42 Å². The lowest BCUT2D eigenvalue weighted by atomic mass is 10.2. The number of nitrogens with two attached hydrogens (primary N) is 1. The highest BCUT2D eigenvalue weighted by Gasteiger charge is 2.23. The zero-order valence-corrected chi connectivity index (χ0v) is 10.7. The maximum atomic E-state index is 11.3. The molecule has 0 spiro atoms. The van der Waals surface area contributed by atoms with Crippen molar-refractivity contribution in [2.45, 2.75) is 24.3 Å². The van der Waals surface area contributed by atoms with Gasteiger partial charge in [0.1, 0.15) is 11.9 Å². The fraction of sp³-hybridized carbons (Fsp3) is 0.455. The molecule has 0 saturated heterocycles. The average Bonchev–Trinajstić information content (AvgIpc) is 2.27. The second-order valence-electron chi connectivity index (χ2n) is 4.20. The number of benzene rings is 1. The summed E-state index contributed by atoms with van der Waals surface area (Å²) in [5.74, 6) is 0.706. The van der Waals surface area contributed by atoms with Crippen LogP contribution in [0.4, 0.5) is 5.69 Å². The predicted molar refractivity (Wildman–Crippen MR) is 65.8 cm³/mol. The third kappa shape index (κ3) is 2.37. The van der Waals surface area contributed by atoms with Gasteiger partial charge in [0.2, 0.25) is 10.0 Å². The molecule has 6 heteroatoms. The molecule has 5 nitrogen and oxygen atoms in total. The molecule has 1 aromatic carbocycles. The van der Waals surface area contributed by atoms with E-state index in [0.717, 1.165) is 18.7 Å². The van der Waals surface area contributed by atoms with Gasteiger partial charge in [0, 0.05) is 7.05 Å². The van der Waals surface area contributed by atoms with Crippen LogP contribution in [0.2, 0.25) is 0 Å². The standard InChI is InChI=1S/C11H16N2O3S/c1-3-8-7-13(2)10-6-9(17(12,14)15)4-5-11(10)16-8/h4-6,8H,3,7H2,1-2H3,(H2,12,14,15). The Balaban J connectivity index is 2.44. The van der Waals surface area contributed by atoms with Gasteiger partial charge in [-0.3, -0.25) is 0 Å². The van der Waals surface area contributed by atoms with Gasteiger partial charge in [-0.05, 0) is 24.6 Å². The maximum absolute atomic E-state index is 11.3. The second-order valence-corrected chi connectivity index (χ2v) is 5.76. The highest BCUT2D eigenvalue weighted by atomic mass is 32.2. The third-order valence-electron chi connectivity index (χ3n) is 2.90. The predicted octanol–water partition coefficient (Wildman–Crippen LogP) is 0.941. The van der Waals surface area contributed by atoms with Gasteiger partial charge in [-0.15, -0.1) is 0 Å². The van der Waals surface area contributed by atoms with E-state index in [1.54, 1.807) is 12.1 Å². The Morgan fingerprint density at radius 3 is 2.82 bits per heavy atom. The molecule has 1 atom stereocenters. The van der Waals surface area contributed by atoms with E-state index in [2.05, 4.69) is 6.92 Å². The molecule has 1 aliphatic rings. The van der Waals surface area contributed by atoms with Crippen molar-refractivity contribution in [1.29, 1.82) is 0 Å². The van der Waals surface area contributed by atoms with E-state index in [1.807, 2.05) is 11.9 Å². The van der Waals surface area contributed by atoms with E-state index in [1.165, 1.54) is 6.07 Å². The molecule has 0 aliphatic carbocycles. The van der Waals surface area contributed by atoms with Crippen LogP contribution in [-0.4, -0.2) is 28.1 Å². The lowest BCUT2D eigenvalue weighted by Gasteiger charge is -2.33. The summed E-state index contributed by atoms with van der Waals surface area (Å²) in [5, 5.41) is 5.10. The fourth-order valence-electron chi connectivity index (χ4n) is 1.91. The number of sulfonamides is 1. The summed E-state index contributed by atoms with van der Waals surface area (Å²) in [6.07, 6.45) is 1.06. The zero-order valence-electron chi connectivity index (χ0n) is 9.88. The van der Waals surface area contributed by atoms with Crippen LogP contribution in [0.5, 0.6) is 5.75 Å². The van der Waals surface area contributed by atoms with E-state index in [0.29, 0.717) is 5.75 Å². The van der Waals surface area contributed by atoms with Crippen molar-refractivity contribution in [3.8, 4) is 5.75 Å². The summed E-state index contributed by atoms with van der Waals surface area (Å²) in [6.45, 7) is 2.81. The van der Waals surface area contributed by atoms with Crippen LogP contribution >= 0.6 is 0 Å². The SMILES string of the molecule is CCC1CN(C)c2cc(S(N)(=O)=O)ccc2O1. The van der Waals surface area contributed by atoms with Gasteiger partial charge in [-0.2, -0.15) is 0 Å². The molecule has 1 aromatic rings. The highest BCUT2D eigenvalue weighted by Crippen LogP contribution is 2.34. The van der Waals surface area contributed by atoms with Crippen LogP contribution in [0.15, 0.2) is 23.1 Å². The Morgan fingerprint density at radius 1 is 1.53 bits per heavy atom. The number of hydrogen-bond acceptors (Lipinski definition) is 4. The number of primary sulfonamides is 1. The number of anilines is 1. The van der Waals surface area contributed by atoms with Crippen LogP contribution in [-0.2, 0) is 10.0 Å². The van der Waals surface area contributed by atoms with Gasteiger partial charge < -0.3 is 9.64 Å². The normalized spacial score (nSPS) is 19.7. The van der Waals surface area contributed by atoms with E-state index < -0.39 is 10.0 Å². The summed E-state index contributed by atoms with van der Waals surface area (Å²) >= 11 is 0. The molecule has 17 heavy (non-hydrogen) atoms. The van der Waals surface area contributed by atoms with Gasteiger partial charge in [0.25, 0.3) is 0 Å². The molecule has 1 unspecified atom stereocenters. The zero-order chi connectivity index (χ0) is 12.6. The number of nitrogens with zero attached hydrogens (tertiary/aromatic N) is 1. The Labute approximate surface area is 101 Å². The number of rotatable bonds is 2. The third-order valence-corrected chi connectivity index (χ3v) is 3.81. The minimum Gasteiger partial charge on any atom is -0.486 e. The summed E-state index contributed by atoms with van der Waals surface area (Å²) in [7, 11) is -1.75. The average molecular weight is 256 g/mol. The molecule has 0 saturated carbocycles. The van der Waals surface area contributed by atoms with E-state index >= 15 is 0 Å². The first kappa shape index (κ1) is 12.2. The lowest BCUT2D eigenvalue weighted by Crippen LogP contribution is -2.37. The molecule has 0 amide bonds. The molecular formula is C11H16N2O3S. The first-order valence-electron chi connectivity index (χ1n) is 5.46. The lowest BCUT2D eigenvalue weighted by molar-refractivity contribution is 0.191. The van der Waals surface area contributed by atoms with E-state index in [-0.39, 0.29) is 11.0 Å². The Hall–Kier alpha value is -1.27. The summed E-state index contributed by atoms with van der Waals surface area (Å²) in [5.41, 5.74) is 0.765. The van der Waals surface area contributed by atoms with Crippen LogP contribution in [0, 0.1) is 0 Å². The van der Waals surface area contributed by atoms with Crippen LogP contribution in [0.3, 0.4) is 0 Å². The first-order chi connectivity index (χ1) is 7.91. The molecule has 1 aliphatic heterocycles. The first-order valence-corrected chi connectivity index (χ1v) is 7.01. The van der Waals surface area contributed by atoms with Crippen LogP contribution in [0.25, 0.3) is 0 Å². The quantitative estimate of drug-likeness (QED) is 0.854. The van der Waals surface area contributed by atoms with Crippen molar-refractivity contribution >= 4 is 15.7 Å². The molecule has 94 valence electrons. The largest absolute Gasteiger partial charge is 0.486 e. The van der Waals surface area contributed by atoms with Gasteiger partial charge >= 0.3 is 0 Å². The maximum Gasteiger partial charge on any atom is 0.238 e. The molecular weight excluding hydrogens is 240 g/mol. The van der Waals surface area contributed by atoms with Gasteiger partial charge in [0.15, 0.2) is 0 Å². The van der Waals surface area contributed by atoms with Crippen molar-refractivity contribution in [2.75, 3.05) is 18.5 Å². The topological polar surface area (TPSA) is 72.6 Å². The van der Waals surface area contributed by atoms with Crippen molar-refractivity contribution in [2.24, 2.45) is 5.14 Å². The number of likely N-dealkylation sites (N-methyl/N-ethyl adjacent to an activating group) is 1. The van der Waals surface area contributed by atoms with Crippen LogP contribution < -0.4 is 14.8 Å². The summed E-state index contributed by atoms with van der Waals surface area (Å²) < 4.78 is 28.3. The number of ether oxygens (including phenoxy) is 1. The van der Waals surface area contributed by atoms with Gasteiger partial charge in [-0.1, -0.05) is 6.92 Å². The Bertz CT molecular complexity index is 528. The second kappa shape index (κ2) is 4.19. The summed E-state index contributed by atoms with van der Waals surface area (Å²) in [6, 6.07) is 4.68. The Morgan fingerprint density at radius 2 is 2.24 bits per heavy atom. The molecule has 1 heterocycles. The minimum atomic E-state index is -3.66. The van der Waals surface area contributed by atoms with Crippen molar-refractivity contribution in [3.63, 3.8) is 0 Å². The molecule has 0 bridgehead atoms. The van der Waals surface area contributed by atoms with Crippen molar-refractivity contribution in [1.82, 2.24) is 0 Å². The molecule has 2 rings (SSSR count). The molecule has 0 fully saturated rings. The Kier molecular flexibility index (Phi) is 3.01. The summed E-state index contributed by atoms with van der Waals surface area (Å²) in [4.78, 5) is 2.10. The minimum absolute atomic E-state index is 0.113. The van der Waals surface area contributed by atoms with Gasteiger partial charge in [0.05, 0.1) is 17.1 Å². The number of fused-ring (bicyclic) bond motifs is 1. The van der Waals surface area contributed by atoms with Crippen LogP contribution in [0.1, 0.15) is 13.3 Å². The van der Waals surface area contributed by atoms with E-state index in [4.69, 9.17) is 9.88 Å². The molecule has 0 radical (unpaired) electrons. The molecule has 2 N–H and O–H groups in total. The monoisotopic (exact) mass is 256 g/mol. The molecule has 0 aromatic heterocycles. The van der Waals surface area contributed by atoms with Crippen molar-refractivity contribution < 1.29 is 13.2 Å². The smallest absolute Gasteiger partial charge is 0.238 e. The van der Waals surface area contributed by atoms with Crippen molar-refractivity contribution in [3.05, 3.63) is 18.2 Å². The van der Waals surface area contributed by atoms with Gasteiger partial charge in [-0.25, -0.2) is 13.6 Å². The number of hydrogen-bond donors (Lipinski definition) is 1. The highest BCUT2D eigenvalue weighted by molar-refractivity contribution is 7.89.